The van der Waals surface area contributed by atoms with E-state index in [4.69, 9.17) is 5.73 Å². The lowest BCUT2D eigenvalue weighted by Crippen LogP contribution is -2.19. The largest absolute Gasteiger partial charge is 0.380 e. The van der Waals surface area contributed by atoms with Crippen LogP contribution in [0.4, 0.5) is 5.69 Å². The minimum absolute atomic E-state index is 0.125. The summed E-state index contributed by atoms with van der Waals surface area (Å²) in [5.74, 6) is 0.271. The van der Waals surface area contributed by atoms with E-state index >= 15 is 0 Å². The lowest BCUT2D eigenvalue weighted by atomic mass is 10.1. The molecule has 0 aromatic carbocycles. The number of nitrogens with one attached hydrogen (secondary N) is 1. The zero-order chi connectivity index (χ0) is 12.1. The number of primary amides is 1. The Labute approximate surface area is 96.0 Å². The average molecular weight is 224 g/mol. The first-order chi connectivity index (χ1) is 7.47. The number of hydrogen-bond donors (Lipinski definition) is 2. The molecule has 1 aromatic rings. The van der Waals surface area contributed by atoms with Crippen LogP contribution in [-0.2, 0) is 11.3 Å². The maximum absolute atomic E-state index is 10.7. The lowest BCUT2D eigenvalue weighted by Gasteiger charge is -2.15. The molecule has 1 amide bonds. The van der Waals surface area contributed by atoms with Crippen molar-refractivity contribution >= 4 is 11.6 Å². The van der Waals surface area contributed by atoms with Gasteiger partial charge in [-0.1, -0.05) is 13.8 Å². The number of amides is 1. The number of carbonyl (C=O) groups is 1. The normalized spacial score (nSPS) is 12.8. The van der Waals surface area contributed by atoms with Crippen LogP contribution in [0.2, 0.25) is 0 Å². The molecule has 90 valence electrons. The second-order valence-corrected chi connectivity index (χ2v) is 4.57. The summed E-state index contributed by atoms with van der Waals surface area (Å²) in [5.41, 5.74) is 6.01. The zero-order valence-electron chi connectivity index (χ0n) is 10.1. The molecule has 5 nitrogen and oxygen atoms in total. The van der Waals surface area contributed by atoms with Crippen LogP contribution in [0.1, 0.15) is 27.2 Å². The first-order valence-corrected chi connectivity index (χ1v) is 5.54. The minimum atomic E-state index is -0.384. The van der Waals surface area contributed by atoms with Crippen LogP contribution in [0.25, 0.3) is 0 Å². The molecule has 0 aliphatic heterocycles. The third kappa shape index (κ3) is 4.33. The van der Waals surface area contributed by atoms with E-state index in [2.05, 4.69) is 31.2 Å². The van der Waals surface area contributed by atoms with Crippen LogP contribution in [-0.4, -0.2) is 21.7 Å². The van der Waals surface area contributed by atoms with Crippen LogP contribution < -0.4 is 11.1 Å². The molecule has 0 aliphatic carbocycles. The van der Waals surface area contributed by atoms with Crippen LogP contribution >= 0.6 is 0 Å². The molecule has 1 atom stereocenters. The number of rotatable bonds is 6. The quantitative estimate of drug-likeness (QED) is 0.763. The standard InChI is InChI=1S/C11H20N4O/c1-8(2)4-9(3)14-10-5-13-15(6-10)7-11(12)16/h5-6,8-9,14H,4,7H2,1-3H3,(H2,12,16). The maximum Gasteiger partial charge on any atom is 0.239 e. The Morgan fingerprint density at radius 1 is 1.56 bits per heavy atom. The summed E-state index contributed by atoms with van der Waals surface area (Å²) in [7, 11) is 0. The SMILES string of the molecule is CC(C)CC(C)Nc1cnn(CC(N)=O)c1. The van der Waals surface area contributed by atoms with E-state index in [1.165, 1.54) is 4.68 Å². The fourth-order valence-corrected chi connectivity index (χ4v) is 1.73. The summed E-state index contributed by atoms with van der Waals surface area (Å²) >= 11 is 0. The van der Waals surface area contributed by atoms with Gasteiger partial charge in [-0.25, -0.2) is 0 Å². The van der Waals surface area contributed by atoms with Gasteiger partial charge < -0.3 is 11.1 Å². The lowest BCUT2D eigenvalue weighted by molar-refractivity contribution is -0.118. The number of nitrogens with zero attached hydrogens (tertiary/aromatic N) is 2. The molecule has 1 rings (SSSR count). The van der Waals surface area contributed by atoms with Gasteiger partial charge >= 0.3 is 0 Å². The Kier molecular flexibility index (Phi) is 4.34. The summed E-state index contributed by atoms with van der Waals surface area (Å²) in [6.45, 7) is 6.63. The number of nitrogens with two attached hydrogens (primary N) is 1. The molecule has 0 saturated heterocycles. The van der Waals surface area contributed by atoms with Gasteiger partial charge in [-0.3, -0.25) is 9.48 Å². The van der Waals surface area contributed by atoms with E-state index in [0.29, 0.717) is 12.0 Å². The predicted molar refractivity (Wildman–Crippen MR) is 64.0 cm³/mol. The topological polar surface area (TPSA) is 72.9 Å². The van der Waals surface area contributed by atoms with Gasteiger partial charge in [0.15, 0.2) is 0 Å². The zero-order valence-corrected chi connectivity index (χ0v) is 10.1. The Morgan fingerprint density at radius 2 is 2.25 bits per heavy atom. The van der Waals surface area contributed by atoms with E-state index in [0.717, 1.165) is 12.1 Å². The monoisotopic (exact) mass is 224 g/mol. The molecule has 0 saturated carbocycles. The van der Waals surface area contributed by atoms with E-state index in [1.807, 2.05) is 0 Å². The van der Waals surface area contributed by atoms with Gasteiger partial charge in [0, 0.05) is 12.2 Å². The van der Waals surface area contributed by atoms with E-state index in [1.54, 1.807) is 12.4 Å². The van der Waals surface area contributed by atoms with Gasteiger partial charge in [0.2, 0.25) is 5.91 Å². The van der Waals surface area contributed by atoms with Crippen LogP contribution in [0.3, 0.4) is 0 Å². The highest BCUT2D eigenvalue weighted by Gasteiger charge is 2.06. The van der Waals surface area contributed by atoms with Crippen LogP contribution in [0.5, 0.6) is 0 Å². The van der Waals surface area contributed by atoms with Crippen molar-refractivity contribution in [3.05, 3.63) is 12.4 Å². The van der Waals surface area contributed by atoms with Crippen molar-refractivity contribution in [2.24, 2.45) is 11.7 Å². The van der Waals surface area contributed by atoms with Gasteiger partial charge in [0.05, 0.1) is 11.9 Å². The van der Waals surface area contributed by atoms with Crippen molar-refractivity contribution in [2.75, 3.05) is 5.32 Å². The summed E-state index contributed by atoms with van der Waals surface area (Å²) in [6, 6.07) is 0.395. The molecule has 3 N–H and O–H groups in total. The van der Waals surface area contributed by atoms with Gasteiger partial charge in [0.1, 0.15) is 6.54 Å². The fourth-order valence-electron chi connectivity index (χ4n) is 1.73. The highest BCUT2D eigenvalue weighted by atomic mass is 16.1. The number of anilines is 1. The van der Waals surface area contributed by atoms with Crippen molar-refractivity contribution < 1.29 is 4.79 Å². The van der Waals surface area contributed by atoms with Crippen molar-refractivity contribution in [1.29, 1.82) is 0 Å². The molecule has 1 aromatic heterocycles. The molecule has 0 radical (unpaired) electrons. The summed E-state index contributed by atoms with van der Waals surface area (Å²) in [6.07, 6.45) is 4.60. The Hall–Kier alpha value is -1.52. The third-order valence-electron chi connectivity index (χ3n) is 2.19. The molecular weight excluding hydrogens is 204 g/mol. The molecule has 0 fully saturated rings. The smallest absolute Gasteiger partial charge is 0.239 e. The summed E-state index contributed by atoms with van der Waals surface area (Å²) < 4.78 is 1.53. The van der Waals surface area contributed by atoms with E-state index < -0.39 is 0 Å². The second-order valence-electron chi connectivity index (χ2n) is 4.57. The van der Waals surface area contributed by atoms with Gasteiger partial charge in [-0.2, -0.15) is 5.10 Å². The molecule has 1 heterocycles. The van der Waals surface area contributed by atoms with E-state index in [9.17, 15) is 4.79 Å². The highest BCUT2D eigenvalue weighted by molar-refractivity contribution is 5.73. The molecule has 0 aliphatic rings. The number of aromatic nitrogens is 2. The van der Waals surface area contributed by atoms with Gasteiger partial charge in [0.25, 0.3) is 0 Å². The van der Waals surface area contributed by atoms with Crippen LogP contribution in [0, 0.1) is 5.92 Å². The molecule has 0 spiro atoms. The van der Waals surface area contributed by atoms with Crippen molar-refractivity contribution in [3.8, 4) is 0 Å². The second kappa shape index (κ2) is 5.53. The number of hydrogen-bond acceptors (Lipinski definition) is 3. The Balaban J connectivity index is 2.48. The predicted octanol–water partition coefficient (Wildman–Crippen LogP) is 1.21. The summed E-state index contributed by atoms with van der Waals surface area (Å²) in [5, 5.41) is 7.37. The van der Waals surface area contributed by atoms with Crippen molar-refractivity contribution in [3.63, 3.8) is 0 Å². The highest BCUT2D eigenvalue weighted by Crippen LogP contribution is 2.11. The van der Waals surface area contributed by atoms with E-state index in [-0.39, 0.29) is 12.5 Å². The Morgan fingerprint density at radius 3 is 2.81 bits per heavy atom. The molecule has 5 heteroatoms. The average Bonchev–Trinajstić information content (AvgIpc) is 2.49. The maximum atomic E-state index is 10.7. The van der Waals surface area contributed by atoms with Gasteiger partial charge in [-0.05, 0) is 19.3 Å². The molecule has 16 heavy (non-hydrogen) atoms. The molecular formula is C11H20N4O. The van der Waals surface area contributed by atoms with Crippen LogP contribution in [0.15, 0.2) is 12.4 Å². The number of carbonyl (C=O) groups excluding carboxylic acids is 1. The fraction of sp³-hybridized carbons (Fsp3) is 0.636. The minimum Gasteiger partial charge on any atom is -0.380 e. The summed E-state index contributed by atoms with van der Waals surface area (Å²) in [4.78, 5) is 10.7. The van der Waals surface area contributed by atoms with Crippen molar-refractivity contribution in [2.45, 2.75) is 39.8 Å². The third-order valence-corrected chi connectivity index (χ3v) is 2.19. The van der Waals surface area contributed by atoms with Crippen molar-refractivity contribution in [1.82, 2.24) is 9.78 Å². The molecule has 0 bridgehead atoms. The molecule has 1 unspecified atom stereocenters. The first-order valence-electron chi connectivity index (χ1n) is 5.54. The first kappa shape index (κ1) is 12.5. The van der Waals surface area contributed by atoms with Gasteiger partial charge in [-0.15, -0.1) is 0 Å². The Bertz CT molecular complexity index is 346.